The summed E-state index contributed by atoms with van der Waals surface area (Å²) in [6.45, 7) is 2.48. The third-order valence-corrected chi connectivity index (χ3v) is 4.56. The fourth-order valence-corrected chi connectivity index (χ4v) is 3.30. The van der Waals surface area contributed by atoms with Gasteiger partial charge >= 0.3 is 0 Å². The van der Waals surface area contributed by atoms with Crippen LogP contribution < -0.4 is 4.74 Å². The molecule has 0 N–H and O–H groups in total. The monoisotopic (exact) mass is 320 g/mol. The molecule has 2 heterocycles. The van der Waals surface area contributed by atoms with E-state index in [9.17, 15) is 14.4 Å². The van der Waals surface area contributed by atoms with Crippen LogP contribution >= 0.6 is 11.8 Å². The standard InChI is InChI=1S/C15H16N2O4S/c1-10(21-12-5-3-2-4-6-12)14(19)16-7-11(8-16)17-13(18)9-22-15(17)20/h2-6,10-11H,7-9H2,1H3/t10-/m1/s1. The molecule has 0 aliphatic carbocycles. The minimum absolute atomic E-state index is 0.133. The Morgan fingerprint density at radius 2 is 1.95 bits per heavy atom. The van der Waals surface area contributed by atoms with Gasteiger partial charge in [-0.05, 0) is 19.1 Å². The van der Waals surface area contributed by atoms with Crippen molar-refractivity contribution in [3.8, 4) is 5.75 Å². The second-order valence-corrected chi connectivity index (χ2v) is 6.22. The van der Waals surface area contributed by atoms with Crippen LogP contribution in [0, 0.1) is 0 Å². The van der Waals surface area contributed by atoms with E-state index in [-0.39, 0.29) is 28.8 Å². The molecule has 0 bridgehead atoms. The second kappa shape index (κ2) is 6.00. The maximum absolute atomic E-state index is 12.3. The lowest BCUT2D eigenvalue weighted by Crippen LogP contribution is -2.63. The van der Waals surface area contributed by atoms with Gasteiger partial charge in [0.15, 0.2) is 6.10 Å². The van der Waals surface area contributed by atoms with Crippen molar-refractivity contribution in [2.45, 2.75) is 19.1 Å². The van der Waals surface area contributed by atoms with Crippen LogP contribution in [0.15, 0.2) is 30.3 Å². The molecule has 6 nitrogen and oxygen atoms in total. The van der Waals surface area contributed by atoms with Crippen LogP contribution in [0.3, 0.4) is 0 Å². The Morgan fingerprint density at radius 3 is 2.55 bits per heavy atom. The van der Waals surface area contributed by atoms with Gasteiger partial charge in [-0.3, -0.25) is 19.3 Å². The summed E-state index contributed by atoms with van der Waals surface area (Å²) in [5, 5.41) is -0.212. The fraction of sp³-hybridized carbons (Fsp3) is 0.400. The molecule has 0 unspecified atom stereocenters. The van der Waals surface area contributed by atoms with Gasteiger partial charge in [0.05, 0.1) is 11.8 Å². The zero-order chi connectivity index (χ0) is 15.7. The van der Waals surface area contributed by atoms with Crippen molar-refractivity contribution in [1.29, 1.82) is 0 Å². The Labute approximate surface area is 132 Å². The van der Waals surface area contributed by atoms with Crippen molar-refractivity contribution in [3.63, 3.8) is 0 Å². The van der Waals surface area contributed by atoms with Crippen LogP contribution in [0.4, 0.5) is 4.79 Å². The topological polar surface area (TPSA) is 66.9 Å². The third kappa shape index (κ3) is 2.81. The van der Waals surface area contributed by atoms with Gasteiger partial charge in [0, 0.05) is 13.1 Å². The van der Waals surface area contributed by atoms with Crippen molar-refractivity contribution in [2.75, 3.05) is 18.8 Å². The van der Waals surface area contributed by atoms with Crippen LogP contribution in [0.25, 0.3) is 0 Å². The summed E-state index contributed by atoms with van der Waals surface area (Å²) in [5.74, 6) is 0.547. The Kier molecular flexibility index (Phi) is 4.06. The molecule has 2 saturated heterocycles. The van der Waals surface area contributed by atoms with E-state index in [0.29, 0.717) is 18.8 Å². The molecule has 1 atom stereocenters. The summed E-state index contributed by atoms with van der Waals surface area (Å²) in [5.41, 5.74) is 0. The molecule has 0 radical (unpaired) electrons. The average molecular weight is 320 g/mol. The molecule has 2 aliphatic heterocycles. The molecule has 3 rings (SSSR count). The number of carbonyl (C=O) groups is 3. The van der Waals surface area contributed by atoms with Gasteiger partial charge in [-0.25, -0.2) is 0 Å². The molecule has 7 heteroatoms. The van der Waals surface area contributed by atoms with E-state index in [2.05, 4.69) is 0 Å². The van der Waals surface area contributed by atoms with Gasteiger partial charge in [-0.15, -0.1) is 0 Å². The Morgan fingerprint density at radius 1 is 1.27 bits per heavy atom. The molecule has 22 heavy (non-hydrogen) atoms. The number of ether oxygens (including phenoxy) is 1. The molecular weight excluding hydrogens is 304 g/mol. The molecule has 1 aromatic carbocycles. The number of carbonyl (C=O) groups excluding carboxylic acids is 3. The lowest BCUT2D eigenvalue weighted by molar-refractivity contribution is -0.147. The molecular formula is C15H16N2O4S. The lowest BCUT2D eigenvalue weighted by atomic mass is 10.1. The number of para-hydroxylation sites is 1. The summed E-state index contributed by atoms with van der Waals surface area (Å²) in [6, 6.07) is 8.95. The van der Waals surface area contributed by atoms with Crippen LogP contribution in [-0.2, 0) is 9.59 Å². The summed E-state index contributed by atoms with van der Waals surface area (Å²) in [4.78, 5) is 38.4. The molecule has 0 saturated carbocycles. The number of rotatable bonds is 4. The first-order chi connectivity index (χ1) is 10.6. The van der Waals surface area contributed by atoms with Crippen LogP contribution in [0.1, 0.15) is 6.92 Å². The minimum atomic E-state index is -0.595. The highest BCUT2D eigenvalue weighted by Crippen LogP contribution is 2.26. The summed E-state index contributed by atoms with van der Waals surface area (Å²) in [7, 11) is 0. The van der Waals surface area contributed by atoms with Crippen LogP contribution in [-0.4, -0.2) is 57.8 Å². The van der Waals surface area contributed by atoms with Crippen molar-refractivity contribution in [1.82, 2.24) is 9.80 Å². The number of amides is 3. The van der Waals surface area contributed by atoms with Gasteiger partial charge in [0.25, 0.3) is 11.1 Å². The van der Waals surface area contributed by atoms with Crippen molar-refractivity contribution in [2.24, 2.45) is 0 Å². The Hall–Kier alpha value is -2.02. The third-order valence-electron chi connectivity index (χ3n) is 3.73. The van der Waals surface area contributed by atoms with Gasteiger partial charge in [-0.1, -0.05) is 30.0 Å². The highest BCUT2D eigenvalue weighted by molar-refractivity contribution is 8.14. The zero-order valence-electron chi connectivity index (χ0n) is 12.1. The quantitative estimate of drug-likeness (QED) is 0.838. The fourth-order valence-electron chi connectivity index (χ4n) is 2.53. The molecule has 116 valence electrons. The smallest absolute Gasteiger partial charge is 0.289 e. The molecule has 2 fully saturated rings. The van der Waals surface area contributed by atoms with Crippen molar-refractivity contribution < 1.29 is 19.1 Å². The first kappa shape index (κ1) is 14.9. The zero-order valence-corrected chi connectivity index (χ0v) is 12.9. The molecule has 1 aromatic rings. The van der Waals surface area contributed by atoms with Crippen molar-refractivity contribution in [3.05, 3.63) is 30.3 Å². The number of hydrogen-bond donors (Lipinski definition) is 0. The number of benzene rings is 1. The van der Waals surface area contributed by atoms with Crippen LogP contribution in [0.5, 0.6) is 5.75 Å². The van der Waals surface area contributed by atoms with E-state index >= 15 is 0 Å². The van der Waals surface area contributed by atoms with E-state index in [1.165, 1.54) is 4.90 Å². The number of thioether (sulfide) groups is 1. The van der Waals surface area contributed by atoms with E-state index < -0.39 is 6.10 Å². The molecule has 0 aromatic heterocycles. The predicted molar refractivity (Wildman–Crippen MR) is 81.6 cm³/mol. The first-order valence-corrected chi connectivity index (χ1v) is 8.04. The van der Waals surface area contributed by atoms with E-state index in [4.69, 9.17) is 4.74 Å². The summed E-state index contributed by atoms with van der Waals surface area (Å²) >= 11 is 1.02. The molecule has 3 amide bonds. The average Bonchev–Trinajstić information content (AvgIpc) is 2.79. The number of likely N-dealkylation sites (tertiary alicyclic amines) is 1. The Bertz CT molecular complexity index is 585. The van der Waals surface area contributed by atoms with E-state index in [1.807, 2.05) is 18.2 Å². The molecule has 2 aliphatic rings. The predicted octanol–water partition coefficient (Wildman–Crippen LogP) is 1.36. The summed E-state index contributed by atoms with van der Waals surface area (Å²) < 4.78 is 5.59. The van der Waals surface area contributed by atoms with Gasteiger partial charge in [-0.2, -0.15) is 0 Å². The SMILES string of the molecule is C[C@@H](Oc1ccccc1)C(=O)N1CC(N2C(=O)CSC2=O)C1. The largest absolute Gasteiger partial charge is 0.481 e. The van der Waals surface area contributed by atoms with Gasteiger partial charge in [0.2, 0.25) is 5.91 Å². The first-order valence-electron chi connectivity index (χ1n) is 7.05. The second-order valence-electron chi connectivity index (χ2n) is 5.29. The Balaban J connectivity index is 1.53. The van der Waals surface area contributed by atoms with Gasteiger partial charge in [0.1, 0.15) is 5.75 Å². The summed E-state index contributed by atoms with van der Waals surface area (Å²) in [6.07, 6.45) is -0.595. The van der Waals surface area contributed by atoms with Crippen LogP contribution in [0.2, 0.25) is 0 Å². The number of hydrogen-bond acceptors (Lipinski definition) is 5. The van der Waals surface area contributed by atoms with Crippen molar-refractivity contribution >= 4 is 28.8 Å². The maximum Gasteiger partial charge on any atom is 0.289 e. The number of nitrogens with zero attached hydrogens (tertiary/aromatic N) is 2. The highest BCUT2D eigenvalue weighted by Gasteiger charge is 2.44. The minimum Gasteiger partial charge on any atom is -0.481 e. The normalized spacial score (nSPS) is 20.0. The molecule has 0 spiro atoms. The van der Waals surface area contributed by atoms with Gasteiger partial charge < -0.3 is 9.64 Å². The lowest BCUT2D eigenvalue weighted by Gasteiger charge is -2.43. The highest BCUT2D eigenvalue weighted by atomic mass is 32.2. The number of imide groups is 1. The maximum atomic E-state index is 12.3. The van der Waals surface area contributed by atoms with E-state index in [0.717, 1.165) is 11.8 Å². The van der Waals surface area contributed by atoms with E-state index in [1.54, 1.807) is 24.0 Å².